The van der Waals surface area contributed by atoms with Gasteiger partial charge >= 0.3 is 0 Å². The number of nitrogens with zero attached hydrogens (tertiary/aromatic N) is 11. The van der Waals surface area contributed by atoms with E-state index < -0.39 is 11.9 Å². The van der Waals surface area contributed by atoms with Gasteiger partial charge in [-0.1, -0.05) is 36.9 Å². The maximum absolute atomic E-state index is 14.0. The van der Waals surface area contributed by atoms with Crippen LogP contribution in [0, 0.1) is 5.92 Å². The topological polar surface area (TPSA) is 249 Å². The molecule has 8 aromatic rings. The van der Waals surface area contributed by atoms with E-state index in [1.807, 2.05) is 45.2 Å². The first-order valence-corrected chi connectivity index (χ1v) is 24.4. The zero-order chi connectivity index (χ0) is 50.8. The van der Waals surface area contributed by atoms with Crippen LogP contribution in [0.1, 0.15) is 63.7 Å². The molecule has 3 atom stereocenters. The number of ether oxygens (including phenoxy) is 1. The summed E-state index contributed by atoms with van der Waals surface area (Å²) in [6.45, 7) is 5.91. The fraction of sp³-hybridized carbons (Fsp3) is 0.231. The van der Waals surface area contributed by atoms with Crippen molar-refractivity contribution in [2.75, 3.05) is 62.4 Å². The van der Waals surface area contributed by atoms with Gasteiger partial charge in [-0.05, 0) is 74.7 Å². The van der Waals surface area contributed by atoms with Crippen molar-refractivity contribution in [3.8, 4) is 28.3 Å². The van der Waals surface area contributed by atoms with E-state index in [4.69, 9.17) is 26.2 Å². The Labute approximate surface area is 423 Å². The molecule has 2 aromatic carbocycles. The quantitative estimate of drug-likeness (QED) is 0.0795. The van der Waals surface area contributed by atoms with Crippen molar-refractivity contribution in [1.29, 1.82) is 0 Å². The van der Waals surface area contributed by atoms with Gasteiger partial charge in [0.2, 0.25) is 11.8 Å². The number of aromatic nitrogens is 8. The average Bonchev–Trinajstić information content (AvgIpc) is 4.27. The normalized spacial score (nSPS) is 16.7. The Bertz CT molecular complexity index is 3410. The number of methoxy groups -OCH3 is 1. The number of hydrogen-bond donors (Lipinski definition) is 4. The number of likely N-dealkylation sites (N-methyl/N-ethyl adjacent to an activating group) is 1. The summed E-state index contributed by atoms with van der Waals surface area (Å²) in [5, 5.41) is 7.90. The second kappa shape index (κ2) is 20.5. The van der Waals surface area contributed by atoms with E-state index in [0.717, 1.165) is 12.0 Å². The first-order valence-electron chi connectivity index (χ1n) is 23.5. The van der Waals surface area contributed by atoms with E-state index in [1.165, 1.54) is 24.5 Å². The number of amides is 4. The van der Waals surface area contributed by atoms with E-state index in [9.17, 15) is 19.2 Å². The predicted octanol–water partition coefficient (Wildman–Crippen LogP) is 6.56. The molecule has 4 amide bonds. The maximum Gasteiger partial charge on any atom is 0.260 e. The van der Waals surface area contributed by atoms with Crippen molar-refractivity contribution >= 4 is 68.6 Å². The van der Waals surface area contributed by atoms with E-state index >= 15 is 0 Å². The van der Waals surface area contributed by atoms with Crippen molar-refractivity contribution in [3.63, 3.8) is 0 Å². The standard InChI is InChI=1S/C52H51N15O5S/c1-4-40(68)67-30-31(27-37(67)49-61-43(45-47(54)57-20-25-66(45)49)34-16-17-35(38(28-34)72-3)51(71)59-39-10-5-6-18-55-39)29-63(2)22-8-11-41(69)64-23-7-9-36(64)48-60-42(44-46(53)56-19-24-65(44)48)32-12-14-33(15-13-32)50(70)62-52-58-21-26-73-52/h4-6,8,10-21,24-26,28,31,36-37H,1,7,9,22-23,27,29-30H2,2-3H3,(H2,53,56)(H2,54,57)(H,55,59,71)(H,58,62,70)/b11-8+/t31?,36-,37-/m0/s1. The van der Waals surface area contributed by atoms with Gasteiger partial charge < -0.3 is 36.2 Å². The van der Waals surface area contributed by atoms with Crippen LogP contribution < -0.4 is 26.8 Å². The highest BCUT2D eigenvalue weighted by Gasteiger charge is 2.39. The third-order valence-electron chi connectivity index (χ3n) is 13.1. The minimum absolute atomic E-state index is 0.0414. The molecule has 0 radical (unpaired) electrons. The smallest absolute Gasteiger partial charge is 0.260 e. The van der Waals surface area contributed by atoms with Gasteiger partial charge in [0.1, 0.15) is 57.3 Å². The minimum Gasteiger partial charge on any atom is -0.496 e. The van der Waals surface area contributed by atoms with Crippen LogP contribution in [0.5, 0.6) is 5.75 Å². The van der Waals surface area contributed by atoms with Crippen molar-refractivity contribution in [2.45, 2.75) is 31.3 Å². The van der Waals surface area contributed by atoms with E-state index in [1.54, 1.807) is 95.9 Å². The lowest BCUT2D eigenvalue weighted by atomic mass is 10.0. The van der Waals surface area contributed by atoms with Crippen LogP contribution in [0.4, 0.5) is 22.6 Å². The predicted molar refractivity (Wildman–Crippen MR) is 278 cm³/mol. The number of fused-ring (bicyclic) bond motifs is 2. The number of nitrogens with two attached hydrogens (primary N) is 2. The number of hydrogen-bond acceptors (Lipinski definition) is 15. The molecule has 6 N–H and O–H groups in total. The molecule has 8 heterocycles. The van der Waals surface area contributed by atoms with Gasteiger partial charge in [0.05, 0.1) is 24.8 Å². The molecule has 2 aliphatic rings. The Morgan fingerprint density at radius 3 is 2.21 bits per heavy atom. The highest BCUT2D eigenvalue weighted by molar-refractivity contribution is 7.13. The maximum atomic E-state index is 14.0. The number of rotatable bonds is 15. The Hall–Kier alpha value is -8.82. The minimum atomic E-state index is -0.438. The third-order valence-corrected chi connectivity index (χ3v) is 13.8. The zero-order valence-electron chi connectivity index (χ0n) is 40.0. The zero-order valence-corrected chi connectivity index (χ0v) is 40.8. The van der Waals surface area contributed by atoms with Crippen molar-refractivity contribution in [2.24, 2.45) is 5.92 Å². The summed E-state index contributed by atoms with van der Waals surface area (Å²) < 4.78 is 9.47. The number of nitrogen functional groups attached to an aromatic ring is 2. The molecule has 2 saturated heterocycles. The van der Waals surface area contributed by atoms with Crippen LogP contribution in [-0.2, 0) is 9.59 Å². The molecule has 370 valence electrons. The lowest BCUT2D eigenvalue weighted by Crippen LogP contribution is -2.32. The summed E-state index contributed by atoms with van der Waals surface area (Å²) in [5.41, 5.74) is 17.4. The van der Waals surface area contributed by atoms with Gasteiger partial charge in [-0.2, -0.15) is 0 Å². The van der Waals surface area contributed by atoms with Crippen LogP contribution in [0.15, 0.2) is 128 Å². The monoisotopic (exact) mass is 997 g/mol. The Balaban J connectivity index is 0.828. The second-order valence-electron chi connectivity index (χ2n) is 17.8. The molecule has 0 aliphatic carbocycles. The summed E-state index contributed by atoms with van der Waals surface area (Å²) in [6, 6.07) is 16.8. The number of anilines is 4. The highest BCUT2D eigenvalue weighted by Crippen LogP contribution is 2.41. The number of pyridine rings is 1. The molecular formula is C52H51N15O5S. The van der Waals surface area contributed by atoms with Crippen LogP contribution in [0.3, 0.4) is 0 Å². The summed E-state index contributed by atoms with van der Waals surface area (Å²) in [5.74, 6) is 1.55. The summed E-state index contributed by atoms with van der Waals surface area (Å²) in [4.78, 5) is 86.7. The molecule has 0 saturated carbocycles. The van der Waals surface area contributed by atoms with E-state index in [-0.39, 0.29) is 35.5 Å². The lowest BCUT2D eigenvalue weighted by Gasteiger charge is -2.23. The van der Waals surface area contributed by atoms with Crippen molar-refractivity contribution in [1.82, 2.24) is 53.4 Å². The van der Waals surface area contributed by atoms with Crippen LogP contribution in [-0.4, -0.2) is 117 Å². The van der Waals surface area contributed by atoms with E-state index in [2.05, 4.69) is 42.0 Å². The largest absolute Gasteiger partial charge is 0.496 e. The third kappa shape index (κ3) is 9.57. The van der Waals surface area contributed by atoms with Gasteiger partial charge in [-0.3, -0.25) is 33.3 Å². The molecule has 10 rings (SSSR count). The van der Waals surface area contributed by atoms with Crippen LogP contribution in [0.25, 0.3) is 33.5 Å². The molecule has 1 unspecified atom stereocenters. The number of likely N-dealkylation sites (tertiary alicyclic amines) is 2. The number of benzene rings is 2. The molecular weight excluding hydrogens is 947 g/mol. The molecule has 0 spiro atoms. The van der Waals surface area contributed by atoms with Gasteiger partial charge in [0.25, 0.3) is 11.8 Å². The SMILES string of the molecule is C=CC(=O)N1CC(CN(C)C/C=C/C(=O)N2CCC[C@H]2c2nc(-c3ccc(C(=O)Nc4nccs4)cc3)c3c(N)nccn23)C[C@H]1c1nc(-c2ccc(C(=O)Nc3ccccn3)c(OC)c2)c2c(N)nccn12. The first kappa shape index (κ1) is 47.8. The molecule has 2 aliphatic heterocycles. The molecule has 0 bridgehead atoms. The second-order valence-corrected chi connectivity index (χ2v) is 18.7. The van der Waals surface area contributed by atoms with Gasteiger partial charge in [0, 0.05) is 91.5 Å². The number of nitrogens with one attached hydrogen (secondary N) is 2. The number of carbonyl (C=O) groups excluding carboxylic acids is 4. The molecule has 21 heteroatoms. The van der Waals surface area contributed by atoms with Crippen molar-refractivity contribution in [3.05, 3.63) is 151 Å². The molecule has 20 nitrogen and oxygen atoms in total. The fourth-order valence-electron chi connectivity index (χ4n) is 9.83. The first-order chi connectivity index (χ1) is 35.5. The van der Waals surface area contributed by atoms with Gasteiger partial charge in [-0.15, -0.1) is 11.3 Å². The summed E-state index contributed by atoms with van der Waals surface area (Å²) >= 11 is 1.34. The summed E-state index contributed by atoms with van der Waals surface area (Å²) in [6.07, 6.45) is 16.9. The van der Waals surface area contributed by atoms with Crippen molar-refractivity contribution < 1.29 is 23.9 Å². The summed E-state index contributed by atoms with van der Waals surface area (Å²) in [7, 11) is 3.48. The Morgan fingerprint density at radius 1 is 0.822 bits per heavy atom. The molecule has 6 aromatic heterocycles. The van der Waals surface area contributed by atoms with Crippen LogP contribution in [0.2, 0.25) is 0 Å². The Morgan fingerprint density at radius 2 is 1.53 bits per heavy atom. The Kier molecular flexibility index (Phi) is 13.4. The number of carbonyl (C=O) groups is 4. The van der Waals surface area contributed by atoms with Crippen LogP contribution >= 0.6 is 11.3 Å². The molecule has 73 heavy (non-hydrogen) atoms. The van der Waals surface area contributed by atoms with E-state index in [0.29, 0.717) is 112 Å². The van der Waals surface area contributed by atoms with Gasteiger partial charge in [0.15, 0.2) is 5.13 Å². The lowest BCUT2D eigenvalue weighted by molar-refractivity contribution is -0.127. The molecule has 2 fully saturated rings. The highest BCUT2D eigenvalue weighted by atomic mass is 32.1. The average molecular weight is 998 g/mol. The number of thiazole rings is 1. The van der Waals surface area contributed by atoms with Gasteiger partial charge in [-0.25, -0.2) is 29.9 Å². The number of imidazole rings is 2. The fourth-order valence-corrected chi connectivity index (χ4v) is 10.4.